The number of amides is 2. The van der Waals surface area contributed by atoms with Crippen molar-refractivity contribution in [1.29, 1.82) is 0 Å². The third-order valence-corrected chi connectivity index (χ3v) is 6.69. The van der Waals surface area contributed by atoms with Crippen LogP contribution in [0.5, 0.6) is 0 Å². The molecule has 0 aliphatic carbocycles. The zero-order chi connectivity index (χ0) is 18.0. The van der Waals surface area contributed by atoms with E-state index in [1.54, 1.807) is 6.92 Å². The molecule has 2 N–H and O–H groups in total. The maximum Gasteiger partial charge on any atom is 0.268 e. The van der Waals surface area contributed by atoms with Crippen molar-refractivity contribution in [3.8, 4) is 0 Å². The zero-order valence-corrected chi connectivity index (χ0v) is 15.1. The van der Waals surface area contributed by atoms with E-state index in [9.17, 15) is 18.0 Å². The topological polar surface area (TPSA) is 95.6 Å². The van der Waals surface area contributed by atoms with Crippen LogP contribution in [0.15, 0.2) is 23.1 Å². The van der Waals surface area contributed by atoms with E-state index >= 15 is 0 Å². The van der Waals surface area contributed by atoms with Crippen LogP contribution in [0.3, 0.4) is 0 Å². The highest BCUT2D eigenvalue weighted by Crippen LogP contribution is 2.30. The van der Waals surface area contributed by atoms with E-state index in [2.05, 4.69) is 10.6 Å². The lowest BCUT2D eigenvalue weighted by Crippen LogP contribution is -2.33. The SMILES string of the molecule is CCN1C(=O)c2ccc(C(=O)NCCC3CCCNC3)cc2S1(=O)=O. The van der Waals surface area contributed by atoms with Crippen LogP contribution in [0, 0.1) is 5.92 Å². The Balaban J connectivity index is 1.68. The second kappa shape index (κ2) is 7.13. The maximum atomic E-state index is 12.4. The summed E-state index contributed by atoms with van der Waals surface area (Å²) in [5.41, 5.74) is 0.390. The molecule has 0 radical (unpaired) electrons. The molecule has 7 nitrogen and oxygen atoms in total. The summed E-state index contributed by atoms with van der Waals surface area (Å²) in [5, 5.41) is 6.18. The predicted octanol–water partition coefficient (Wildman–Crippen LogP) is 0.970. The molecule has 3 rings (SSSR count). The molecule has 25 heavy (non-hydrogen) atoms. The van der Waals surface area contributed by atoms with Gasteiger partial charge in [0.2, 0.25) is 0 Å². The second-order valence-corrected chi connectivity index (χ2v) is 8.27. The van der Waals surface area contributed by atoms with Gasteiger partial charge < -0.3 is 10.6 Å². The maximum absolute atomic E-state index is 12.4. The van der Waals surface area contributed by atoms with E-state index in [0.29, 0.717) is 12.5 Å². The lowest BCUT2D eigenvalue weighted by molar-refractivity contribution is 0.0874. The van der Waals surface area contributed by atoms with E-state index in [4.69, 9.17) is 0 Å². The number of hydrogen-bond acceptors (Lipinski definition) is 5. The molecule has 2 aliphatic rings. The average Bonchev–Trinajstić information content (AvgIpc) is 2.81. The first kappa shape index (κ1) is 17.9. The number of fused-ring (bicyclic) bond motifs is 1. The van der Waals surface area contributed by atoms with Crippen molar-refractivity contribution in [3.63, 3.8) is 0 Å². The summed E-state index contributed by atoms with van der Waals surface area (Å²) in [5.74, 6) is -0.288. The minimum absolute atomic E-state index is 0.0762. The Labute approximate surface area is 147 Å². The Morgan fingerprint density at radius 1 is 1.40 bits per heavy atom. The number of hydrogen-bond donors (Lipinski definition) is 2. The minimum Gasteiger partial charge on any atom is -0.352 e. The van der Waals surface area contributed by atoms with E-state index in [1.165, 1.54) is 18.2 Å². The monoisotopic (exact) mass is 365 g/mol. The Bertz CT molecular complexity index is 785. The largest absolute Gasteiger partial charge is 0.352 e. The van der Waals surface area contributed by atoms with Gasteiger partial charge >= 0.3 is 0 Å². The lowest BCUT2D eigenvalue weighted by atomic mass is 9.96. The highest BCUT2D eigenvalue weighted by Gasteiger charge is 2.40. The third kappa shape index (κ3) is 3.41. The van der Waals surface area contributed by atoms with Crippen LogP contribution in [-0.2, 0) is 10.0 Å². The fourth-order valence-corrected chi connectivity index (χ4v) is 4.99. The van der Waals surface area contributed by atoms with Crippen LogP contribution < -0.4 is 10.6 Å². The molecule has 1 atom stereocenters. The normalized spacial score (nSPS) is 21.9. The smallest absolute Gasteiger partial charge is 0.268 e. The van der Waals surface area contributed by atoms with Crippen molar-refractivity contribution in [2.75, 3.05) is 26.2 Å². The van der Waals surface area contributed by atoms with Gasteiger partial charge in [-0.3, -0.25) is 9.59 Å². The molecule has 8 heteroatoms. The molecule has 1 aromatic rings. The van der Waals surface area contributed by atoms with Gasteiger partial charge in [0.25, 0.3) is 21.8 Å². The molecule has 2 amide bonds. The van der Waals surface area contributed by atoms with Gasteiger partial charge in [-0.15, -0.1) is 0 Å². The summed E-state index contributed by atoms with van der Waals surface area (Å²) in [7, 11) is -3.84. The number of nitrogens with one attached hydrogen (secondary N) is 2. The third-order valence-electron chi connectivity index (χ3n) is 4.79. The lowest BCUT2D eigenvalue weighted by Gasteiger charge is -2.22. The fourth-order valence-electron chi connectivity index (χ4n) is 3.39. The van der Waals surface area contributed by atoms with Gasteiger partial charge in [-0.05, 0) is 63.4 Å². The van der Waals surface area contributed by atoms with Gasteiger partial charge in [0, 0.05) is 18.7 Å². The Morgan fingerprint density at radius 3 is 2.88 bits per heavy atom. The molecule has 0 bridgehead atoms. The van der Waals surface area contributed by atoms with Crippen LogP contribution in [0.2, 0.25) is 0 Å². The zero-order valence-electron chi connectivity index (χ0n) is 14.2. The Morgan fingerprint density at radius 2 is 2.20 bits per heavy atom. The number of benzene rings is 1. The Kier molecular flexibility index (Phi) is 5.10. The number of piperidine rings is 1. The summed E-state index contributed by atoms with van der Waals surface area (Å²) in [6.45, 7) is 4.26. The van der Waals surface area contributed by atoms with E-state index in [0.717, 1.165) is 36.7 Å². The molecule has 2 aliphatic heterocycles. The van der Waals surface area contributed by atoms with Crippen LogP contribution in [0.4, 0.5) is 0 Å². The van der Waals surface area contributed by atoms with Crippen molar-refractivity contribution in [2.45, 2.75) is 31.1 Å². The van der Waals surface area contributed by atoms with Gasteiger partial charge in [-0.2, -0.15) is 0 Å². The van der Waals surface area contributed by atoms with Gasteiger partial charge in [0.15, 0.2) is 0 Å². The van der Waals surface area contributed by atoms with E-state index in [1.807, 2.05) is 0 Å². The summed E-state index contributed by atoms with van der Waals surface area (Å²) in [6, 6.07) is 4.23. The predicted molar refractivity (Wildman–Crippen MR) is 92.9 cm³/mol. The highest BCUT2D eigenvalue weighted by atomic mass is 32.2. The highest BCUT2D eigenvalue weighted by molar-refractivity contribution is 7.90. The van der Waals surface area contributed by atoms with Crippen LogP contribution in [-0.4, -0.2) is 50.7 Å². The first-order chi connectivity index (χ1) is 11.9. The number of sulfonamides is 1. The molecule has 1 unspecified atom stereocenters. The first-order valence-corrected chi connectivity index (χ1v) is 10.1. The summed E-state index contributed by atoms with van der Waals surface area (Å²) >= 11 is 0. The van der Waals surface area contributed by atoms with Crippen LogP contribution >= 0.6 is 0 Å². The summed E-state index contributed by atoms with van der Waals surface area (Å²) < 4.78 is 25.6. The van der Waals surface area contributed by atoms with E-state index < -0.39 is 15.9 Å². The average molecular weight is 365 g/mol. The quantitative estimate of drug-likeness (QED) is 0.811. The molecule has 0 aromatic heterocycles. The van der Waals surface area contributed by atoms with E-state index in [-0.39, 0.29) is 28.5 Å². The number of carbonyl (C=O) groups is 2. The summed E-state index contributed by atoms with van der Waals surface area (Å²) in [6.07, 6.45) is 3.21. The summed E-state index contributed by atoms with van der Waals surface area (Å²) in [4.78, 5) is 24.3. The number of nitrogens with zero attached hydrogens (tertiary/aromatic N) is 1. The van der Waals surface area contributed by atoms with Crippen LogP contribution in [0.25, 0.3) is 0 Å². The standard InChI is InChI=1S/C17H23N3O4S/c1-2-20-17(22)14-6-5-13(10-15(14)25(20,23)24)16(21)19-9-7-12-4-3-8-18-11-12/h5-6,10,12,18H,2-4,7-9,11H2,1H3,(H,19,21). The Hall–Kier alpha value is -1.93. The molecule has 0 spiro atoms. The molecular weight excluding hydrogens is 342 g/mol. The molecule has 1 saturated heterocycles. The fraction of sp³-hybridized carbons (Fsp3) is 0.529. The van der Waals surface area contributed by atoms with Crippen molar-refractivity contribution in [3.05, 3.63) is 29.3 Å². The van der Waals surface area contributed by atoms with Crippen LogP contribution in [0.1, 0.15) is 46.9 Å². The molecule has 136 valence electrons. The van der Waals surface area contributed by atoms with Crippen molar-refractivity contribution in [2.24, 2.45) is 5.92 Å². The number of rotatable bonds is 5. The second-order valence-electron chi connectivity index (χ2n) is 6.44. The van der Waals surface area contributed by atoms with Gasteiger partial charge in [-0.1, -0.05) is 0 Å². The van der Waals surface area contributed by atoms with Gasteiger partial charge in [-0.25, -0.2) is 12.7 Å². The molecular formula is C17H23N3O4S. The van der Waals surface area contributed by atoms with Gasteiger partial charge in [0.1, 0.15) is 4.90 Å². The molecule has 1 fully saturated rings. The molecule has 0 saturated carbocycles. The molecule has 2 heterocycles. The first-order valence-electron chi connectivity index (χ1n) is 8.65. The van der Waals surface area contributed by atoms with Crippen molar-refractivity contribution >= 4 is 21.8 Å². The van der Waals surface area contributed by atoms with Crippen molar-refractivity contribution in [1.82, 2.24) is 14.9 Å². The number of carbonyl (C=O) groups excluding carboxylic acids is 2. The van der Waals surface area contributed by atoms with Gasteiger partial charge in [0.05, 0.1) is 5.56 Å². The minimum atomic E-state index is -3.84. The van der Waals surface area contributed by atoms with Crippen molar-refractivity contribution < 1.29 is 18.0 Å². The molecule has 1 aromatic carbocycles.